The van der Waals surface area contributed by atoms with E-state index in [-0.39, 0.29) is 6.04 Å². The van der Waals surface area contributed by atoms with Gasteiger partial charge >= 0.3 is 0 Å². The number of thiazole rings is 1. The van der Waals surface area contributed by atoms with Gasteiger partial charge in [0.2, 0.25) is 0 Å². The fourth-order valence-electron chi connectivity index (χ4n) is 1.37. The second kappa shape index (κ2) is 6.93. The minimum Gasteiger partial charge on any atom is -0.381 e. The molecule has 2 N–H and O–H groups in total. The van der Waals surface area contributed by atoms with Crippen LogP contribution in [0, 0.1) is 0 Å². The topological polar surface area (TPSA) is 48.1 Å². The number of hydrogen-bond donors (Lipinski definition) is 1. The van der Waals surface area contributed by atoms with Crippen LogP contribution in [0.15, 0.2) is 5.38 Å². The van der Waals surface area contributed by atoms with Crippen LogP contribution in [0.5, 0.6) is 0 Å². The molecule has 0 spiro atoms. The highest BCUT2D eigenvalue weighted by atomic mass is 32.1. The summed E-state index contributed by atoms with van der Waals surface area (Å²) in [7, 11) is 0. The maximum Gasteiger partial charge on any atom is 0.0951 e. The van der Waals surface area contributed by atoms with Crippen molar-refractivity contribution in [2.45, 2.75) is 39.2 Å². The highest BCUT2D eigenvalue weighted by molar-refractivity contribution is 7.09. The van der Waals surface area contributed by atoms with Crippen LogP contribution < -0.4 is 5.73 Å². The molecule has 1 aromatic heterocycles. The van der Waals surface area contributed by atoms with Crippen molar-refractivity contribution in [3.63, 3.8) is 0 Å². The van der Waals surface area contributed by atoms with Crippen LogP contribution in [-0.4, -0.2) is 18.2 Å². The molecule has 0 bridgehead atoms. The van der Waals surface area contributed by atoms with E-state index in [1.165, 1.54) is 0 Å². The van der Waals surface area contributed by atoms with Crippen molar-refractivity contribution in [2.24, 2.45) is 5.73 Å². The highest BCUT2D eigenvalue weighted by Gasteiger charge is 2.09. The second-order valence-electron chi connectivity index (χ2n) is 3.51. The van der Waals surface area contributed by atoms with Crippen molar-refractivity contribution in [2.75, 3.05) is 13.2 Å². The minimum atomic E-state index is 0.104. The third kappa shape index (κ3) is 4.28. The molecule has 15 heavy (non-hydrogen) atoms. The van der Waals surface area contributed by atoms with Gasteiger partial charge in [0.25, 0.3) is 0 Å². The molecule has 4 heteroatoms. The highest BCUT2D eigenvalue weighted by Crippen LogP contribution is 2.18. The van der Waals surface area contributed by atoms with E-state index in [2.05, 4.69) is 17.3 Å². The van der Waals surface area contributed by atoms with Crippen LogP contribution in [0.2, 0.25) is 0 Å². The van der Waals surface area contributed by atoms with Crippen molar-refractivity contribution in [1.82, 2.24) is 4.98 Å². The first kappa shape index (κ1) is 12.6. The van der Waals surface area contributed by atoms with E-state index in [0.717, 1.165) is 43.2 Å². The monoisotopic (exact) mass is 228 g/mol. The standard InChI is InChI=1S/C11H20N2OS/c1-3-5-9(12)10-8-15-11(13-10)6-7-14-4-2/h8-9H,3-7,12H2,1-2H3. The van der Waals surface area contributed by atoms with E-state index in [4.69, 9.17) is 10.5 Å². The Bertz CT molecular complexity index is 275. The summed E-state index contributed by atoms with van der Waals surface area (Å²) >= 11 is 1.68. The molecule has 1 rings (SSSR count). The van der Waals surface area contributed by atoms with Crippen molar-refractivity contribution < 1.29 is 4.74 Å². The number of hydrogen-bond acceptors (Lipinski definition) is 4. The lowest BCUT2D eigenvalue weighted by Gasteiger charge is -2.05. The normalized spacial score (nSPS) is 13.0. The Morgan fingerprint density at radius 1 is 1.53 bits per heavy atom. The van der Waals surface area contributed by atoms with E-state index in [1.807, 2.05) is 6.92 Å². The van der Waals surface area contributed by atoms with Gasteiger partial charge in [-0.15, -0.1) is 11.3 Å². The van der Waals surface area contributed by atoms with E-state index >= 15 is 0 Å². The minimum absolute atomic E-state index is 0.104. The Morgan fingerprint density at radius 2 is 2.33 bits per heavy atom. The number of nitrogens with zero attached hydrogens (tertiary/aromatic N) is 1. The van der Waals surface area contributed by atoms with Crippen molar-refractivity contribution in [3.8, 4) is 0 Å². The summed E-state index contributed by atoms with van der Waals surface area (Å²) in [6, 6.07) is 0.104. The van der Waals surface area contributed by atoms with Crippen LogP contribution in [0.3, 0.4) is 0 Å². The smallest absolute Gasteiger partial charge is 0.0951 e. The molecule has 0 aliphatic rings. The van der Waals surface area contributed by atoms with Crippen LogP contribution in [0.4, 0.5) is 0 Å². The van der Waals surface area contributed by atoms with Crippen LogP contribution >= 0.6 is 11.3 Å². The first-order chi connectivity index (χ1) is 7.27. The quantitative estimate of drug-likeness (QED) is 0.729. The summed E-state index contributed by atoms with van der Waals surface area (Å²) in [6.45, 7) is 5.67. The van der Waals surface area contributed by atoms with Gasteiger partial charge in [-0.3, -0.25) is 0 Å². The Labute approximate surface area is 95.7 Å². The zero-order valence-electron chi connectivity index (χ0n) is 9.53. The van der Waals surface area contributed by atoms with Crippen LogP contribution in [0.1, 0.15) is 43.4 Å². The molecule has 0 aliphatic carbocycles. The molecule has 1 unspecified atom stereocenters. The summed E-state index contributed by atoms with van der Waals surface area (Å²) in [6.07, 6.45) is 3.01. The molecule has 0 amide bonds. The lowest BCUT2D eigenvalue weighted by atomic mass is 10.1. The molecule has 86 valence electrons. The van der Waals surface area contributed by atoms with Gasteiger partial charge in [0.1, 0.15) is 0 Å². The predicted octanol–water partition coefficient (Wildman–Crippen LogP) is 2.52. The van der Waals surface area contributed by atoms with Crippen molar-refractivity contribution in [1.29, 1.82) is 0 Å². The SMILES string of the molecule is CCCC(N)c1csc(CCOCC)n1. The first-order valence-electron chi connectivity index (χ1n) is 5.55. The zero-order chi connectivity index (χ0) is 11.1. The Hall–Kier alpha value is -0.450. The number of rotatable bonds is 7. The molecule has 0 fully saturated rings. The van der Waals surface area contributed by atoms with Gasteiger partial charge in [0.15, 0.2) is 0 Å². The summed E-state index contributed by atoms with van der Waals surface area (Å²) < 4.78 is 5.29. The molecule has 1 atom stereocenters. The Balaban J connectivity index is 2.41. The molecule has 1 aromatic rings. The third-order valence-electron chi connectivity index (χ3n) is 2.21. The van der Waals surface area contributed by atoms with E-state index < -0.39 is 0 Å². The number of nitrogens with two attached hydrogens (primary N) is 1. The van der Waals surface area contributed by atoms with Crippen LogP contribution in [-0.2, 0) is 11.2 Å². The van der Waals surface area contributed by atoms with E-state index in [1.54, 1.807) is 11.3 Å². The number of ether oxygens (including phenoxy) is 1. The third-order valence-corrected chi connectivity index (χ3v) is 3.14. The van der Waals surface area contributed by atoms with Gasteiger partial charge < -0.3 is 10.5 Å². The van der Waals surface area contributed by atoms with Gasteiger partial charge in [-0.1, -0.05) is 13.3 Å². The maximum absolute atomic E-state index is 5.99. The fraction of sp³-hybridized carbons (Fsp3) is 0.727. The Morgan fingerprint density at radius 3 is 3.00 bits per heavy atom. The Kier molecular flexibility index (Phi) is 5.83. The number of aromatic nitrogens is 1. The first-order valence-corrected chi connectivity index (χ1v) is 6.43. The molecule has 1 heterocycles. The van der Waals surface area contributed by atoms with Crippen molar-refractivity contribution in [3.05, 3.63) is 16.1 Å². The summed E-state index contributed by atoms with van der Waals surface area (Å²) in [4.78, 5) is 4.51. The summed E-state index contributed by atoms with van der Waals surface area (Å²) in [5.41, 5.74) is 7.02. The van der Waals surface area contributed by atoms with Gasteiger partial charge in [-0.05, 0) is 13.3 Å². The molecule has 0 aromatic carbocycles. The molecule has 3 nitrogen and oxygen atoms in total. The largest absolute Gasteiger partial charge is 0.381 e. The zero-order valence-corrected chi connectivity index (χ0v) is 10.3. The summed E-state index contributed by atoms with van der Waals surface area (Å²) in [5, 5.41) is 3.20. The lowest BCUT2D eigenvalue weighted by molar-refractivity contribution is 0.151. The lowest BCUT2D eigenvalue weighted by Crippen LogP contribution is -2.10. The van der Waals surface area contributed by atoms with Gasteiger partial charge in [0.05, 0.1) is 17.3 Å². The molecule has 0 aliphatic heterocycles. The predicted molar refractivity (Wildman–Crippen MR) is 64.1 cm³/mol. The van der Waals surface area contributed by atoms with Gasteiger partial charge in [-0.2, -0.15) is 0 Å². The van der Waals surface area contributed by atoms with E-state index in [0.29, 0.717) is 0 Å². The molecular weight excluding hydrogens is 208 g/mol. The van der Waals surface area contributed by atoms with Gasteiger partial charge in [-0.25, -0.2) is 4.98 Å². The van der Waals surface area contributed by atoms with Crippen LogP contribution in [0.25, 0.3) is 0 Å². The second-order valence-corrected chi connectivity index (χ2v) is 4.45. The maximum atomic E-state index is 5.99. The molecule has 0 saturated heterocycles. The van der Waals surface area contributed by atoms with Gasteiger partial charge in [0, 0.05) is 24.4 Å². The van der Waals surface area contributed by atoms with Crippen molar-refractivity contribution >= 4 is 11.3 Å². The molecule has 0 radical (unpaired) electrons. The molecule has 0 saturated carbocycles. The average Bonchev–Trinajstić information content (AvgIpc) is 2.67. The summed E-state index contributed by atoms with van der Waals surface area (Å²) in [5.74, 6) is 0. The fourth-order valence-corrected chi connectivity index (χ4v) is 2.22. The van der Waals surface area contributed by atoms with E-state index in [9.17, 15) is 0 Å². The average molecular weight is 228 g/mol. The molecular formula is C11H20N2OS.